The number of amides is 1. The molecule has 3 rings (SSSR count). The average Bonchev–Trinajstić information content (AvgIpc) is 3.01. The minimum absolute atomic E-state index is 0.181. The molecule has 1 saturated heterocycles. The maximum Gasteiger partial charge on any atom is 0.233 e. The minimum Gasteiger partial charge on any atom is -0.342 e. The van der Waals surface area contributed by atoms with Crippen LogP contribution in [0.25, 0.3) is 5.69 Å². The van der Waals surface area contributed by atoms with Crippen molar-refractivity contribution >= 4 is 17.7 Å². The maximum atomic E-state index is 12.5. The second kappa shape index (κ2) is 8.28. The molecule has 0 aliphatic carbocycles. The smallest absolute Gasteiger partial charge is 0.233 e. The number of aromatic nitrogens is 4. The molecule has 0 N–H and O–H groups in total. The second-order valence-corrected chi connectivity index (χ2v) is 7.09. The van der Waals surface area contributed by atoms with E-state index < -0.39 is 0 Å². The number of carbonyl (C=O) groups is 1. The predicted octanol–water partition coefficient (Wildman–Crippen LogP) is 2.86. The number of likely N-dealkylation sites (tertiary alicyclic amines) is 1. The van der Waals surface area contributed by atoms with Gasteiger partial charge in [0.2, 0.25) is 11.1 Å². The Balaban J connectivity index is 1.61. The fraction of sp³-hybridized carbons (Fsp3) is 0.529. The van der Waals surface area contributed by atoms with Gasteiger partial charge in [0.05, 0.1) is 11.4 Å². The van der Waals surface area contributed by atoms with Gasteiger partial charge in [-0.05, 0) is 42.3 Å². The van der Waals surface area contributed by atoms with Crippen LogP contribution >= 0.6 is 11.8 Å². The summed E-state index contributed by atoms with van der Waals surface area (Å²) in [6.07, 6.45) is 5.96. The second-order valence-electron chi connectivity index (χ2n) is 6.15. The monoisotopic (exact) mass is 345 g/mol. The summed E-state index contributed by atoms with van der Waals surface area (Å²) in [5, 5.41) is 12.5. The van der Waals surface area contributed by atoms with E-state index in [-0.39, 0.29) is 5.91 Å². The van der Waals surface area contributed by atoms with Crippen LogP contribution in [0.2, 0.25) is 0 Å². The minimum atomic E-state index is 0.181. The van der Waals surface area contributed by atoms with Crippen molar-refractivity contribution in [1.29, 1.82) is 0 Å². The molecule has 1 aliphatic heterocycles. The van der Waals surface area contributed by atoms with E-state index >= 15 is 0 Å². The first-order valence-corrected chi connectivity index (χ1v) is 9.48. The number of nitrogens with zero attached hydrogens (tertiary/aromatic N) is 5. The normalized spacial score (nSPS) is 15.8. The lowest BCUT2D eigenvalue weighted by Crippen LogP contribution is -2.35. The molecule has 2 aromatic rings. The number of hydrogen-bond donors (Lipinski definition) is 0. The average molecular weight is 345 g/mol. The van der Waals surface area contributed by atoms with Crippen LogP contribution in [-0.4, -0.2) is 49.9 Å². The lowest BCUT2D eigenvalue weighted by Gasteiger charge is -2.24. The third-order valence-corrected chi connectivity index (χ3v) is 5.16. The van der Waals surface area contributed by atoms with E-state index in [0.29, 0.717) is 10.9 Å². The highest BCUT2D eigenvalue weighted by atomic mass is 32.2. The van der Waals surface area contributed by atoms with Crippen molar-refractivity contribution in [1.82, 2.24) is 25.1 Å². The first-order chi connectivity index (χ1) is 11.7. The van der Waals surface area contributed by atoms with E-state index in [1.165, 1.54) is 36.6 Å². The largest absolute Gasteiger partial charge is 0.342 e. The van der Waals surface area contributed by atoms with E-state index in [1.54, 1.807) is 4.68 Å². The molecule has 1 aromatic carbocycles. The van der Waals surface area contributed by atoms with Crippen molar-refractivity contribution in [2.24, 2.45) is 0 Å². The summed E-state index contributed by atoms with van der Waals surface area (Å²) in [6, 6.07) is 8.01. The van der Waals surface area contributed by atoms with E-state index in [9.17, 15) is 4.79 Å². The summed E-state index contributed by atoms with van der Waals surface area (Å²) in [5.74, 6) is 0.562. The summed E-state index contributed by atoms with van der Waals surface area (Å²) in [5.41, 5.74) is 2.10. The van der Waals surface area contributed by atoms with Crippen LogP contribution in [0.15, 0.2) is 29.4 Å². The number of thioether (sulfide) groups is 1. The van der Waals surface area contributed by atoms with Gasteiger partial charge in [-0.25, -0.2) is 0 Å². The van der Waals surface area contributed by atoms with Gasteiger partial charge in [-0.15, -0.1) is 5.10 Å². The Morgan fingerprint density at radius 2 is 1.75 bits per heavy atom. The van der Waals surface area contributed by atoms with Gasteiger partial charge in [0.1, 0.15) is 0 Å². The Morgan fingerprint density at radius 1 is 1.08 bits per heavy atom. The van der Waals surface area contributed by atoms with Crippen molar-refractivity contribution in [2.45, 2.75) is 44.2 Å². The number of rotatable bonds is 4. The molecular formula is C17H23N5OS. The highest BCUT2D eigenvalue weighted by Gasteiger charge is 2.17. The molecule has 0 spiro atoms. The number of aryl methyl sites for hydroxylation is 1. The zero-order valence-electron chi connectivity index (χ0n) is 14.0. The van der Waals surface area contributed by atoms with Crippen molar-refractivity contribution in [3.63, 3.8) is 0 Å². The summed E-state index contributed by atoms with van der Waals surface area (Å²) >= 11 is 1.40. The summed E-state index contributed by atoms with van der Waals surface area (Å²) < 4.78 is 1.69. The first kappa shape index (κ1) is 17.0. The van der Waals surface area contributed by atoms with Crippen LogP contribution in [0, 0.1) is 6.92 Å². The molecule has 2 heterocycles. The van der Waals surface area contributed by atoms with Crippen molar-refractivity contribution in [3.05, 3.63) is 29.8 Å². The summed E-state index contributed by atoms with van der Waals surface area (Å²) in [6.45, 7) is 3.80. The van der Waals surface area contributed by atoms with E-state index in [0.717, 1.165) is 31.6 Å². The maximum absolute atomic E-state index is 12.5. The quantitative estimate of drug-likeness (QED) is 0.797. The van der Waals surface area contributed by atoms with Crippen molar-refractivity contribution in [2.75, 3.05) is 18.8 Å². The number of carbonyl (C=O) groups excluding carboxylic acids is 1. The molecule has 6 nitrogen and oxygen atoms in total. The van der Waals surface area contributed by atoms with Crippen LogP contribution in [0.1, 0.15) is 37.7 Å². The third kappa shape index (κ3) is 4.35. The molecule has 24 heavy (non-hydrogen) atoms. The Labute approximate surface area is 146 Å². The molecule has 0 atom stereocenters. The zero-order valence-corrected chi connectivity index (χ0v) is 14.8. The molecule has 1 fully saturated rings. The van der Waals surface area contributed by atoms with Gasteiger partial charge in [0.25, 0.3) is 0 Å². The topological polar surface area (TPSA) is 63.9 Å². The molecule has 0 saturated carbocycles. The van der Waals surface area contributed by atoms with Gasteiger partial charge in [0, 0.05) is 13.1 Å². The van der Waals surface area contributed by atoms with Crippen LogP contribution in [0.3, 0.4) is 0 Å². The van der Waals surface area contributed by atoms with Gasteiger partial charge in [-0.3, -0.25) is 4.79 Å². The first-order valence-electron chi connectivity index (χ1n) is 8.50. The number of tetrazole rings is 1. The Hall–Kier alpha value is -1.89. The zero-order chi connectivity index (χ0) is 16.8. The molecule has 0 bridgehead atoms. The van der Waals surface area contributed by atoms with Crippen LogP contribution in [0.5, 0.6) is 0 Å². The van der Waals surface area contributed by atoms with Crippen molar-refractivity contribution < 1.29 is 4.79 Å². The molecule has 128 valence electrons. The number of benzene rings is 1. The molecule has 0 unspecified atom stereocenters. The van der Waals surface area contributed by atoms with E-state index in [2.05, 4.69) is 15.5 Å². The highest BCUT2D eigenvalue weighted by molar-refractivity contribution is 7.99. The van der Waals surface area contributed by atoms with Gasteiger partial charge in [0.15, 0.2) is 0 Å². The van der Waals surface area contributed by atoms with E-state index in [1.807, 2.05) is 36.1 Å². The van der Waals surface area contributed by atoms with Crippen molar-refractivity contribution in [3.8, 4) is 5.69 Å². The third-order valence-electron chi connectivity index (χ3n) is 4.25. The molecule has 0 radical (unpaired) electrons. The molecule has 7 heteroatoms. The molecule has 1 amide bonds. The van der Waals surface area contributed by atoms with Crippen LogP contribution < -0.4 is 0 Å². The van der Waals surface area contributed by atoms with Gasteiger partial charge in [-0.1, -0.05) is 48.7 Å². The molecule has 1 aromatic heterocycles. The van der Waals surface area contributed by atoms with Crippen LogP contribution in [0.4, 0.5) is 0 Å². The van der Waals surface area contributed by atoms with Gasteiger partial charge < -0.3 is 4.90 Å². The fourth-order valence-corrected chi connectivity index (χ4v) is 3.62. The molecule has 1 aliphatic rings. The van der Waals surface area contributed by atoms with Crippen LogP contribution in [-0.2, 0) is 4.79 Å². The lowest BCUT2D eigenvalue weighted by atomic mass is 10.1. The Morgan fingerprint density at radius 3 is 2.46 bits per heavy atom. The Bertz CT molecular complexity index is 662. The lowest BCUT2D eigenvalue weighted by molar-refractivity contribution is -0.128. The molecular weight excluding hydrogens is 322 g/mol. The number of hydrogen-bond acceptors (Lipinski definition) is 5. The highest BCUT2D eigenvalue weighted by Crippen LogP contribution is 2.20. The SMILES string of the molecule is Cc1ccc(-n2nnnc2SCC(=O)N2CCCCCCC2)cc1. The fourth-order valence-electron chi connectivity index (χ4n) is 2.83. The standard InChI is InChI=1S/C17H23N5OS/c1-14-7-9-15(10-8-14)22-17(18-19-20-22)24-13-16(23)21-11-5-3-2-4-6-12-21/h7-10H,2-6,11-13H2,1H3. The van der Waals surface area contributed by atoms with Gasteiger partial charge >= 0.3 is 0 Å². The predicted molar refractivity (Wildman–Crippen MR) is 94.3 cm³/mol. The van der Waals surface area contributed by atoms with E-state index in [4.69, 9.17) is 0 Å². The summed E-state index contributed by atoms with van der Waals surface area (Å²) in [7, 11) is 0. The van der Waals surface area contributed by atoms with Gasteiger partial charge in [-0.2, -0.15) is 4.68 Å². The summed E-state index contributed by atoms with van der Waals surface area (Å²) in [4.78, 5) is 14.5. The Kier molecular flexibility index (Phi) is 5.85.